The van der Waals surface area contributed by atoms with Crippen LogP contribution in [0, 0.1) is 18.8 Å². The first-order chi connectivity index (χ1) is 8.20. The van der Waals surface area contributed by atoms with E-state index in [9.17, 15) is 9.90 Å². The lowest BCUT2D eigenvalue weighted by molar-refractivity contribution is 0.0937. The van der Waals surface area contributed by atoms with Gasteiger partial charge in [0.2, 0.25) is 0 Å². The predicted molar refractivity (Wildman–Crippen MR) is 63.7 cm³/mol. The lowest BCUT2D eigenvalue weighted by Crippen LogP contribution is -2.31. The fraction of sp³-hybridized carbons (Fsp3) is 0.615. The molecular weight excluding hydrogens is 218 g/mol. The van der Waals surface area contributed by atoms with Crippen LogP contribution >= 0.6 is 0 Å². The molecule has 4 nitrogen and oxygen atoms in total. The zero-order chi connectivity index (χ0) is 12.3. The molecule has 0 aliphatic heterocycles. The van der Waals surface area contributed by atoms with Crippen LogP contribution in [-0.4, -0.2) is 24.2 Å². The van der Waals surface area contributed by atoms with Crippen molar-refractivity contribution in [2.24, 2.45) is 11.8 Å². The molecule has 2 N–H and O–H groups in total. The van der Waals surface area contributed by atoms with Crippen LogP contribution in [0.25, 0.3) is 0 Å². The molecule has 0 spiro atoms. The maximum absolute atomic E-state index is 11.8. The van der Waals surface area contributed by atoms with Crippen molar-refractivity contribution in [2.45, 2.75) is 26.2 Å². The highest BCUT2D eigenvalue weighted by molar-refractivity contribution is 5.93. The number of furan rings is 1. The molecule has 1 aliphatic carbocycles. The van der Waals surface area contributed by atoms with Gasteiger partial charge in [0.15, 0.2) is 0 Å². The molecule has 0 aromatic carbocycles. The van der Waals surface area contributed by atoms with Crippen molar-refractivity contribution in [3.8, 4) is 0 Å². The van der Waals surface area contributed by atoms with E-state index in [-0.39, 0.29) is 12.5 Å². The number of rotatable bonds is 4. The van der Waals surface area contributed by atoms with Crippen molar-refractivity contribution in [3.05, 3.63) is 23.7 Å². The van der Waals surface area contributed by atoms with Gasteiger partial charge in [-0.1, -0.05) is 6.42 Å². The predicted octanol–water partition coefficient (Wildman–Crippen LogP) is 1.73. The van der Waals surface area contributed by atoms with E-state index >= 15 is 0 Å². The Morgan fingerprint density at radius 1 is 1.53 bits per heavy atom. The summed E-state index contributed by atoms with van der Waals surface area (Å²) in [6.07, 6.45) is 4.79. The van der Waals surface area contributed by atoms with Gasteiger partial charge in [0.05, 0.1) is 5.56 Å². The van der Waals surface area contributed by atoms with Gasteiger partial charge in [-0.3, -0.25) is 4.79 Å². The Labute approximate surface area is 101 Å². The van der Waals surface area contributed by atoms with Crippen LogP contribution in [0.15, 0.2) is 16.7 Å². The van der Waals surface area contributed by atoms with Crippen molar-refractivity contribution in [3.63, 3.8) is 0 Å². The van der Waals surface area contributed by atoms with Gasteiger partial charge in [-0.25, -0.2) is 0 Å². The Bertz CT molecular complexity index is 386. The minimum atomic E-state index is -0.0922. The standard InChI is InChI=1S/C13H19NO3/c1-9-5-12(8-17-9)13(16)14-6-10-3-2-4-11(10)7-15/h5,8,10-11,15H,2-4,6-7H2,1H3,(H,14,16). The summed E-state index contributed by atoms with van der Waals surface area (Å²) in [5, 5.41) is 12.1. The summed E-state index contributed by atoms with van der Waals surface area (Å²) >= 11 is 0. The average molecular weight is 237 g/mol. The van der Waals surface area contributed by atoms with Gasteiger partial charge in [0, 0.05) is 13.2 Å². The Morgan fingerprint density at radius 3 is 2.94 bits per heavy atom. The average Bonchev–Trinajstić information content (AvgIpc) is 2.94. The molecule has 2 atom stereocenters. The highest BCUT2D eigenvalue weighted by atomic mass is 16.3. The highest BCUT2D eigenvalue weighted by Crippen LogP contribution is 2.30. The number of carbonyl (C=O) groups is 1. The molecule has 4 heteroatoms. The minimum Gasteiger partial charge on any atom is -0.469 e. The number of hydrogen-bond acceptors (Lipinski definition) is 3. The summed E-state index contributed by atoms with van der Waals surface area (Å²) in [7, 11) is 0. The third-order valence-corrected chi connectivity index (χ3v) is 3.57. The van der Waals surface area contributed by atoms with E-state index in [1.165, 1.54) is 6.26 Å². The van der Waals surface area contributed by atoms with Crippen LogP contribution in [0.2, 0.25) is 0 Å². The second-order valence-corrected chi connectivity index (χ2v) is 4.79. The number of nitrogens with one attached hydrogen (secondary N) is 1. The first kappa shape index (κ1) is 12.2. The number of aliphatic hydroxyl groups excluding tert-OH is 1. The molecule has 0 bridgehead atoms. The van der Waals surface area contributed by atoms with Crippen LogP contribution < -0.4 is 5.32 Å². The maximum atomic E-state index is 11.8. The second-order valence-electron chi connectivity index (χ2n) is 4.79. The van der Waals surface area contributed by atoms with Gasteiger partial charge in [0.25, 0.3) is 5.91 Å². The number of amides is 1. The van der Waals surface area contributed by atoms with E-state index in [0.717, 1.165) is 25.0 Å². The van der Waals surface area contributed by atoms with Crippen molar-refractivity contribution in [1.29, 1.82) is 0 Å². The van der Waals surface area contributed by atoms with Crippen LogP contribution in [0.3, 0.4) is 0 Å². The monoisotopic (exact) mass is 237 g/mol. The molecule has 1 saturated carbocycles. The zero-order valence-corrected chi connectivity index (χ0v) is 10.1. The quantitative estimate of drug-likeness (QED) is 0.838. The van der Waals surface area contributed by atoms with E-state index in [1.54, 1.807) is 6.07 Å². The topological polar surface area (TPSA) is 62.5 Å². The Hall–Kier alpha value is -1.29. The van der Waals surface area contributed by atoms with Crippen molar-refractivity contribution < 1.29 is 14.3 Å². The molecule has 2 rings (SSSR count). The fourth-order valence-corrected chi connectivity index (χ4v) is 2.51. The summed E-state index contributed by atoms with van der Waals surface area (Å²) in [6, 6.07) is 1.73. The summed E-state index contributed by atoms with van der Waals surface area (Å²) in [6.45, 7) is 2.69. The van der Waals surface area contributed by atoms with Gasteiger partial charge in [-0.2, -0.15) is 0 Å². The maximum Gasteiger partial charge on any atom is 0.254 e. The second kappa shape index (κ2) is 5.36. The molecule has 1 aromatic rings. The first-order valence-corrected chi connectivity index (χ1v) is 6.15. The molecule has 17 heavy (non-hydrogen) atoms. The molecule has 0 radical (unpaired) electrons. The Kier molecular flexibility index (Phi) is 3.84. The van der Waals surface area contributed by atoms with Crippen molar-refractivity contribution in [2.75, 3.05) is 13.2 Å². The van der Waals surface area contributed by atoms with Crippen molar-refractivity contribution >= 4 is 5.91 Å². The third-order valence-electron chi connectivity index (χ3n) is 3.57. The number of aliphatic hydroxyl groups is 1. The largest absolute Gasteiger partial charge is 0.469 e. The van der Waals surface area contributed by atoms with E-state index < -0.39 is 0 Å². The van der Waals surface area contributed by atoms with Gasteiger partial charge in [0.1, 0.15) is 12.0 Å². The molecular formula is C13H19NO3. The molecule has 0 saturated heterocycles. The van der Waals surface area contributed by atoms with E-state index in [0.29, 0.717) is 23.9 Å². The van der Waals surface area contributed by atoms with Crippen LogP contribution in [0.1, 0.15) is 35.4 Å². The molecule has 1 amide bonds. The van der Waals surface area contributed by atoms with E-state index in [4.69, 9.17) is 4.42 Å². The van der Waals surface area contributed by atoms with Gasteiger partial charge < -0.3 is 14.8 Å². The summed E-state index contributed by atoms with van der Waals surface area (Å²) in [4.78, 5) is 11.8. The molecule has 1 aromatic heterocycles. The number of carbonyl (C=O) groups excluding carboxylic acids is 1. The SMILES string of the molecule is Cc1cc(C(=O)NCC2CCCC2CO)co1. The summed E-state index contributed by atoms with van der Waals surface area (Å²) in [5.74, 6) is 1.41. The summed E-state index contributed by atoms with van der Waals surface area (Å²) in [5.41, 5.74) is 0.570. The van der Waals surface area contributed by atoms with Crippen LogP contribution in [0.5, 0.6) is 0 Å². The van der Waals surface area contributed by atoms with Crippen molar-refractivity contribution in [1.82, 2.24) is 5.32 Å². The lowest BCUT2D eigenvalue weighted by atomic mass is 9.97. The van der Waals surface area contributed by atoms with Crippen LogP contribution in [-0.2, 0) is 0 Å². The molecule has 1 fully saturated rings. The van der Waals surface area contributed by atoms with Gasteiger partial charge >= 0.3 is 0 Å². The number of hydrogen-bond donors (Lipinski definition) is 2. The number of aryl methyl sites for hydroxylation is 1. The minimum absolute atomic E-state index is 0.0922. The van der Waals surface area contributed by atoms with E-state index in [2.05, 4.69) is 5.32 Å². The first-order valence-electron chi connectivity index (χ1n) is 6.15. The molecule has 1 aliphatic rings. The Balaban J connectivity index is 1.84. The van der Waals surface area contributed by atoms with Gasteiger partial charge in [-0.05, 0) is 37.7 Å². The molecule has 1 heterocycles. The highest BCUT2D eigenvalue weighted by Gasteiger charge is 2.26. The molecule has 94 valence electrons. The smallest absolute Gasteiger partial charge is 0.254 e. The van der Waals surface area contributed by atoms with Gasteiger partial charge in [-0.15, -0.1) is 0 Å². The third kappa shape index (κ3) is 2.88. The normalized spacial score (nSPS) is 23.9. The Morgan fingerprint density at radius 2 is 2.29 bits per heavy atom. The zero-order valence-electron chi connectivity index (χ0n) is 10.1. The molecule has 2 unspecified atom stereocenters. The summed E-state index contributed by atoms with van der Waals surface area (Å²) < 4.78 is 5.10. The van der Waals surface area contributed by atoms with E-state index in [1.807, 2.05) is 6.92 Å². The lowest BCUT2D eigenvalue weighted by Gasteiger charge is -2.17. The fourth-order valence-electron chi connectivity index (χ4n) is 2.51. The van der Waals surface area contributed by atoms with Crippen LogP contribution in [0.4, 0.5) is 0 Å².